The lowest BCUT2D eigenvalue weighted by molar-refractivity contribution is -0.138. The van der Waals surface area contributed by atoms with Crippen LogP contribution in [0, 0.1) is 0 Å². The number of aliphatic carboxylic acids is 1. The third kappa shape index (κ3) is 4.94. The average molecular weight is 336 g/mol. The van der Waals surface area contributed by atoms with Crippen molar-refractivity contribution < 1.29 is 14.6 Å². The molecule has 1 heterocycles. The number of thiazole rings is 1. The van der Waals surface area contributed by atoms with Gasteiger partial charge in [-0.2, -0.15) is 0 Å². The van der Waals surface area contributed by atoms with Gasteiger partial charge in [-0.05, 0) is 50.7 Å². The van der Waals surface area contributed by atoms with E-state index >= 15 is 0 Å². The molecule has 2 N–H and O–H groups in total. The number of hydrogen-bond donors (Lipinski definition) is 2. The smallest absolute Gasteiger partial charge is 0.317 e. The summed E-state index contributed by atoms with van der Waals surface area (Å²) in [6.45, 7) is 4.24. The number of aromatic amines is 1. The van der Waals surface area contributed by atoms with E-state index in [1.165, 1.54) is 0 Å². The summed E-state index contributed by atoms with van der Waals surface area (Å²) >= 11 is 1.10. The van der Waals surface area contributed by atoms with E-state index in [0.717, 1.165) is 33.2 Å². The van der Waals surface area contributed by atoms with Crippen LogP contribution in [0.3, 0.4) is 0 Å². The molecule has 0 aliphatic heterocycles. The minimum absolute atomic E-state index is 0.0767. The summed E-state index contributed by atoms with van der Waals surface area (Å²) in [4.78, 5) is 27.6. The zero-order valence-corrected chi connectivity index (χ0v) is 14.1. The minimum atomic E-state index is -0.896. The lowest BCUT2D eigenvalue weighted by Gasteiger charge is -2.14. The van der Waals surface area contributed by atoms with Gasteiger partial charge in [0.25, 0.3) is 0 Å². The fourth-order valence-electron chi connectivity index (χ4n) is 2.21. The van der Waals surface area contributed by atoms with Crippen molar-refractivity contribution in [1.82, 2.24) is 9.88 Å². The van der Waals surface area contributed by atoms with E-state index in [-0.39, 0.29) is 17.5 Å². The highest BCUT2D eigenvalue weighted by molar-refractivity contribution is 7.09. The van der Waals surface area contributed by atoms with Crippen LogP contribution >= 0.6 is 11.3 Å². The first-order valence-corrected chi connectivity index (χ1v) is 8.06. The van der Waals surface area contributed by atoms with E-state index in [1.54, 1.807) is 11.9 Å². The normalized spacial score (nSPS) is 11.2. The van der Waals surface area contributed by atoms with Crippen LogP contribution in [0.1, 0.15) is 18.7 Å². The Morgan fingerprint density at radius 2 is 2.00 bits per heavy atom. The van der Waals surface area contributed by atoms with Crippen LogP contribution < -0.4 is 9.61 Å². The molecule has 2 aromatic rings. The molecule has 0 unspecified atom stereocenters. The molecule has 0 spiro atoms. The van der Waals surface area contributed by atoms with Gasteiger partial charge in [0.15, 0.2) is 0 Å². The highest BCUT2D eigenvalue weighted by Crippen LogP contribution is 2.26. The van der Waals surface area contributed by atoms with E-state index < -0.39 is 5.97 Å². The standard InChI is InChI=1S/C16H20N2O4S/c1-10(2)22-12-6-4-11(5-7-12)15-13(23-16(21)17-15)8-18(3)9-14(19)20/h4-7,10H,8-9H2,1-3H3,(H,17,21)(H,19,20). The maximum Gasteiger partial charge on any atom is 0.317 e. The zero-order chi connectivity index (χ0) is 17.0. The van der Waals surface area contributed by atoms with Gasteiger partial charge in [0, 0.05) is 11.4 Å². The van der Waals surface area contributed by atoms with Gasteiger partial charge in [-0.1, -0.05) is 11.3 Å². The molecule has 0 saturated carbocycles. The third-order valence-corrected chi connectivity index (χ3v) is 3.92. The Morgan fingerprint density at radius 3 is 2.57 bits per heavy atom. The van der Waals surface area contributed by atoms with Crippen molar-refractivity contribution in [3.63, 3.8) is 0 Å². The lowest BCUT2D eigenvalue weighted by atomic mass is 10.1. The molecule has 0 aliphatic rings. The molecule has 0 saturated heterocycles. The maximum absolute atomic E-state index is 11.7. The van der Waals surface area contributed by atoms with Gasteiger partial charge in [0.1, 0.15) is 5.75 Å². The Labute approximate surface area is 138 Å². The molecule has 7 heteroatoms. The van der Waals surface area contributed by atoms with Crippen LogP contribution in [0.2, 0.25) is 0 Å². The molecule has 0 atom stereocenters. The number of rotatable bonds is 7. The summed E-state index contributed by atoms with van der Waals surface area (Å²) in [5, 5.41) is 8.83. The van der Waals surface area contributed by atoms with Gasteiger partial charge < -0.3 is 14.8 Å². The fraction of sp³-hybridized carbons (Fsp3) is 0.375. The molecule has 23 heavy (non-hydrogen) atoms. The highest BCUT2D eigenvalue weighted by Gasteiger charge is 2.14. The predicted octanol–water partition coefficient (Wildman–Crippen LogP) is 2.41. The number of aromatic nitrogens is 1. The quantitative estimate of drug-likeness (QED) is 0.811. The molecule has 0 fully saturated rings. The number of carboxylic acid groups (broad SMARTS) is 1. The fourth-order valence-corrected chi connectivity index (χ4v) is 3.14. The van der Waals surface area contributed by atoms with Gasteiger partial charge in [-0.25, -0.2) is 0 Å². The van der Waals surface area contributed by atoms with Crippen LogP contribution in [-0.4, -0.2) is 40.7 Å². The number of likely N-dealkylation sites (N-methyl/N-ethyl adjacent to an activating group) is 1. The zero-order valence-electron chi connectivity index (χ0n) is 13.3. The molecule has 0 radical (unpaired) electrons. The van der Waals surface area contributed by atoms with Crippen molar-refractivity contribution in [2.75, 3.05) is 13.6 Å². The van der Waals surface area contributed by atoms with Crippen LogP contribution in [0.25, 0.3) is 11.3 Å². The second-order valence-electron chi connectivity index (χ2n) is 5.57. The van der Waals surface area contributed by atoms with E-state index in [2.05, 4.69) is 4.98 Å². The van der Waals surface area contributed by atoms with Gasteiger partial charge in [0.2, 0.25) is 0 Å². The van der Waals surface area contributed by atoms with Gasteiger partial charge >= 0.3 is 10.8 Å². The van der Waals surface area contributed by atoms with Crippen molar-refractivity contribution in [2.45, 2.75) is 26.5 Å². The monoisotopic (exact) mass is 336 g/mol. The summed E-state index contributed by atoms with van der Waals surface area (Å²) in [6.07, 6.45) is 0.0991. The van der Waals surface area contributed by atoms with Crippen molar-refractivity contribution in [3.05, 3.63) is 38.8 Å². The molecular formula is C16H20N2O4S. The molecule has 2 rings (SSSR count). The number of nitrogens with one attached hydrogen (secondary N) is 1. The SMILES string of the molecule is CC(C)Oc1ccc(-c2[nH]c(=O)sc2CN(C)CC(=O)O)cc1. The van der Waals surface area contributed by atoms with E-state index in [4.69, 9.17) is 9.84 Å². The summed E-state index contributed by atoms with van der Waals surface area (Å²) in [7, 11) is 1.71. The van der Waals surface area contributed by atoms with Crippen LogP contribution in [0.15, 0.2) is 29.1 Å². The van der Waals surface area contributed by atoms with E-state index in [1.807, 2.05) is 38.1 Å². The van der Waals surface area contributed by atoms with Gasteiger partial charge in [-0.15, -0.1) is 0 Å². The second kappa shape index (κ2) is 7.43. The van der Waals surface area contributed by atoms with Crippen molar-refractivity contribution in [1.29, 1.82) is 0 Å². The van der Waals surface area contributed by atoms with E-state index in [9.17, 15) is 9.59 Å². The lowest BCUT2D eigenvalue weighted by Crippen LogP contribution is -2.24. The highest BCUT2D eigenvalue weighted by atomic mass is 32.1. The Balaban J connectivity index is 2.22. The van der Waals surface area contributed by atoms with Crippen LogP contribution in [0.4, 0.5) is 0 Å². The Kier molecular flexibility index (Phi) is 5.57. The maximum atomic E-state index is 11.7. The van der Waals surface area contributed by atoms with Gasteiger partial charge in [0.05, 0.1) is 18.3 Å². The van der Waals surface area contributed by atoms with Crippen LogP contribution in [-0.2, 0) is 11.3 Å². The molecule has 0 aliphatic carbocycles. The molecule has 0 bridgehead atoms. The van der Waals surface area contributed by atoms with Crippen molar-refractivity contribution in [3.8, 4) is 17.0 Å². The Hall–Kier alpha value is -2.12. The number of carboxylic acids is 1. The third-order valence-electron chi connectivity index (χ3n) is 3.06. The second-order valence-corrected chi connectivity index (χ2v) is 6.64. The number of nitrogens with zero attached hydrogens (tertiary/aromatic N) is 1. The first-order chi connectivity index (χ1) is 10.8. The number of carbonyl (C=O) groups is 1. The number of ether oxygens (including phenoxy) is 1. The summed E-state index contributed by atoms with van der Waals surface area (Å²) in [5.41, 5.74) is 1.60. The molecule has 6 nitrogen and oxygen atoms in total. The van der Waals surface area contributed by atoms with Crippen molar-refractivity contribution >= 4 is 17.3 Å². The number of hydrogen-bond acceptors (Lipinski definition) is 5. The largest absolute Gasteiger partial charge is 0.491 e. The number of H-pyrrole nitrogens is 1. The summed E-state index contributed by atoms with van der Waals surface area (Å²) in [5.74, 6) is -0.127. The average Bonchev–Trinajstić information content (AvgIpc) is 2.78. The number of benzene rings is 1. The summed E-state index contributed by atoms with van der Waals surface area (Å²) in [6, 6.07) is 7.49. The molecule has 0 amide bonds. The minimum Gasteiger partial charge on any atom is -0.491 e. The Bertz CT molecular complexity index is 718. The molecule has 124 valence electrons. The topological polar surface area (TPSA) is 82.6 Å². The first-order valence-electron chi connectivity index (χ1n) is 7.24. The summed E-state index contributed by atoms with van der Waals surface area (Å²) < 4.78 is 5.61. The van der Waals surface area contributed by atoms with Crippen LogP contribution in [0.5, 0.6) is 5.75 Å². The first kappa shape index (κ1) is 17.2. The van der Waals surface area contributed by atoms with Gasteiger partial charge in [-0.3, -0.25) is 14.5 Å². The molecule has 1 aromatic carbocycles. The van der Waals surface area contributed by atoms with E-state index in [0.29, 0.717) is 6.54 Å². The Morgan fingerprint density at radius 1 is 1.35 bits per heavy atom. The molecule has 1 aromatic heterocycles. The molecular weight excluding hydrogens is 316 g/mol. The van der Waals surface area contributed by atoms with Crippen molar-refractivity contribution in [2.24, 2.45) is 0 Å². The predicted molar refractivity (Wildman–Crippen MR) is 90.1 cm³/mol.